The van der Waals surface area contributed by atoms with Crippen molar-refractivity contribution in [3.63, 3.8) is 0 Å². The van der Waals surface area contributed by atoms with E-state index in [2.05, 4.69) is 10.3 Å². The highest BCUT2D eigenvalue weighted by molar-refractivity contribution is 6.59. The third kappa shape index (κ3) is 4.73. The highest BCUT2D eigenvalue weighted by Crippen LogP contribution is 2.06. The van der Waals surface area contributed by atoms with Gasteiger partial charge in [0.05, 0.1) is 0 Å². The molecule has 7 heteroatoms. The van der Waals surface area contributed by atoms with Gasteiger partial charge in [0.2, 0.25) is 0 Å². The highest BCUT2D eigenvalue weighted by atomic mass is 16.6. The first kappa shape index (κ1) is 14.5. The summed E-state index contributed by atoms with van der Waals surface area (Å²) < 4.78 is 5.06. The fraction of sp³-hybridized carbons (Fsp3) is 0.455. The second kappa shape index (κ2) is 5.84. The van der Waals surface area contributed by atoms with Gasteiger partial charge >= 0.3 is 13.2 Å². The number of ether oxygens (including phenoxy) is 1. The summed E-state index contributed by atoms with van der Waals surface area (Å²) in [7, 11) is -1.59. The van der Waals surface area contributed by atoms with Crippen LogP contribution < -0.4 is 10.8 Å². The first-order valence-electron chi connectivity index (χ1n) is 5.55. The number of nitrogens with one attached hydrogen (secondary N) is 1. The molecule has 0 saturated heterocycles. The zero-order valence-electron chi connectivity index (χ0n) is 10.7. The summed E-state index contributed by atoms with van der Waals surface area (Å²) in [5, 5.41) is 20.8. The van der Waals surface area contributed by atoms with E-state index in [0.717, 1.165) is 0 Å². The molecule has 1 aromatic heterocycles. The number of nitrogens with zero attached hydrogens (tertiary/aromatic N) is 1. The number of alkyl carbamates (subject to hydrolysis) is 1. The van der Waals surface area contributed by atoms with Crippen LogP contribution in [0, 0.1) is 0 Å². The van der Waals surface area contributed by atoms with Crippen LogP contribution in [0.3, 0.4) is 0 Å². The molecule has 0 aliphatic heterocycles. The minimum atomic E-state index is -1.59. The summed E-state index contributed by atoms with van der Waals surface area (Å²) in [5.41, 5.74) is 0.262. The van der Waals surface area contributed by atoms with Crippen LogP contribution in [-0.2, 0) is 11.3 Å². The van der Waals surface area contributed by atoms with Crippen LogP contribution in [0.1, 0.15) is 26.3 Å². The molecule has 0 spiro atoms. The summed E-state index contributed by atoms with van der Waals surface area (Å²) >= 11 is 0. The predicted molar refractivity (Wildman–Crippen MR) is 67.1 cm³/mol. The molecule has 3 N–H and O–H groups in total. The molecule has 1 aromatic rings. The van der Waals surface area contributed by atoms with Gasteiger partial charge in [-0.05, 0) is 37.9 Å². The Morgan fingerprint density at radius 2 is 2.17 bits per heavy atom. The smallest absolute Gasteiger partial charge is 0.444 e. The molecule has 0 fully saturated rings. The molecule has 6 nitrogen and oxygen atoms in total. The van der Waals surface area contributed by atoms with Gasteiger partial charge in [-0.15, -0.1) is 0 Å². The summed E-state index contributed by atoms with van der Waals surface area (Å²) in [4.78, 5) is 15.3. The molecule has 0 saturated carbocycles. The van der Waals surface area contributed by atoms with E-state index in [-0.39, 0.29) is 6.54 Å². The largest absolute Gasteiger partial charge is 0.488 e. The minimum absolute atomic E-state index is 0.121. The lowest BCUT2D eigenvalue weighted by molar-refractivity contribution is 0.0523. The standard InChI is InChI=1S/C11H17BN2O4/c1-11(2,3)18-10(15)14-7-8-6-13-5-4-9(8)12(16)17/h4-6,16-17H,7H2,1-3H3,(H,14,15). The van der Waals surface area contributed by atoms with E-state index in [9.17, 15) is 4.79 Å². The molecule has 1 rings (SSSR count). The number of hydrogen-bond acceptors (Lipinski definition) is 5. The summed E-state index contributed by atoms with van der Waals surface area (Å²) in [6, 6.07) is 1.48. The van der Waals surface area contributed by atoms with Crippen LogP contribution in [0.5, 0.6) is 0 Å². The number of aromatic nitrogens is 1. The lowest BCUT2D eigenvalue weighted by Gasteiger charge is -2.20. The van der Waals surface area contributed by atoms with Crippen LogP contribution in [0.25, 0.3) is 0 Å². The first-order valence-corrected chi connectivity index (χ1v) is 5.55. The second-order valence-corrected chi connectivity index (χ2v) is 4.80. The maximum absolute atomic E-state index is 11.4. The average molecular weight is 252 g/mol. The van der Waals surface area contributed by atoms with Crippen molar-refractivity contribution in [2.24, 2.45) is 0 Å². The summed E-state index contributed by atoms with van der Waals surface area (Å²) in [6.45, 7) is 5.41. The number of carbonyl (C=O) groups excluding carboxylic acids is 1. The van der Waals surface area contributed by atoms with Gasteiger partial charge in [-0.3, -0.25) is 4.98 Å². The van der Waals surface area contributed by atoms with Crippen molar-refractivity contribution in [3.8, 4) is 0 Å². The van der Waals surface area contributed by atoms with Crippen LogP contribution in [-0.4, -0.2) is 33.8 Å². The van der Waals surface area contributed by atoms with Crippen molar-refractivity contribution < 1.29 is 19.6 Å². The maximum Gasteiger partial charge on any atom is 0.488 e. The number of pyridine rings is 1. The van der Waals surface area contributed by atoms with Crippen molar-refractivity contribution in [1.29, 1.82) is 0 Å². The van der Waals surface area contributed by atoms with Crippen LogP contribution in [0.2, 0.25) is 0 Å². The molecule has 18 heavy (non-hydrogen) atoms. The summed E-state index contributed by atoms with van der Waals surface area (Å²) in [6.07, 6.45) is 2.35. The Morgan fingerprint density at radius 1 is 1.50 bits per heavy atom. The molecule has 0 atom stereocenters. The van der Waals surface area contributed by atoms with Gasteiger partial charge in [0, 0.05) is 18.9 Å². The zero-order valence-corrected chi connectivity index (χ0v) is 10.7. The van der Waals surface area contributed by atoms with E-state index in [4.69, 9.17) is 14.8 Å². The van der Waals surface area contributed by atoms with E-state index in [1.807, 2.05) is 0 Å². The Bertz CT molecular complexity index is 418. The lowest BCUT2D eigenvalue weighted by Crippen LogP contribution is -2.37. The van der Waals surface area contributed by atoms with Crippen molar-refractivity contribution in [2.75, 3.05) is 0 Å². The molecule has 0 radical (unpaired) electrons. The van der Waals surface area contributed by atoms with Gasteiger partial charge in [-0.25, -0.2) is 4.79 Å². The number of rotatable bonds is 3. The molecule has 0 aliphatic rings. The van der Waals surface area contributed by atoms with Gasteiger partial charge in [0.15, 0.2) is 0 Å². The molecular formula is C11H17BN2O4. The fourth-order valence-corrected chi connectivity index (χ4v) is 1.32. The van der Waals surface area contributed by atoms with Gasteiger partial charge < -0.3 is 20.1 Å². The third-order valence-corrected chi connectivity index (χ3v) is 2.04. The number of amides is 1. The van der Waals surface area contributed by atoms with E-state index in [0.29, 0.717) is 11.0 Å². The Balaban J connectivity index is 2.61. The van der Waals surface area contributed by atoms with E-state index >= 15 is 0 Å². The monoisotopic (exact) mass is 252 g/mol. The van der Waals surface area contributed by atoms with E-state index in [1.165, 1.54) is 18.5 Å². The SMILES string of the molecule is CC(C)(C)OC(=O)NCc1cnccc1B(O)O. The molecular weight excluding hydrogens is 235 g/mol. The predicted octanol–water partition coefficient (Wildman–Crippen LogP) is -0.214. The average Bonchev–Trinajstić information content (AvgIpc) is 2.24. The topological polar surface area (TPSA) is 91.7 Å². The lowest BCUT2D eigenvalue weighted by atomic mass is 9.78. The highest BCUT2D eigenvalue weighted by Gasteiger charge is 2.18. The van der Waals surface area contributed by atoms with Gasteiger partial charge in [0.25, 0.3) is 0 Å². The van der Waals surface area contributed by atoms with Gasteiger partial charge in [-0.2, -0.15) is 0 Å². The molecule has 98 valence electrons. The molecule has 1 heterocycles. The van der Waals surface area contributed by atoms with E-state index in [1.54, 1.807) is 20.8 Å². The van der Waals surface area contributed by atoms with E-state index < -0.39 is 18.8 Å². The van der Waals surface area contributed by atoms with Crippen molar-refractivity contribution in [3.05, 3.63) is 24.0 Å². The molecule has 1 amide bonds. The molecule has 0 unspecified atom stereocenters. The molecule has 0 bridgehead atoms. The summed E-state index contributed by atoms with van der Waals surface area (Å²) in [5.74, 6) is 0. The maximum atomic E-state index is 11.4. The molecule has 0 aliphatic carbocycles. The Kier molecular flexibility index (Phi) is 4.69. The Labute approximate surface area is 106 Å². The minimum Gasteiger partial charge on any atom is -0.444 e. The Hall–Kier alpha value is -1.60. The van der Waals surface area contributed by atoms with Crippen molar-refractivity contribution in [1.82, 2.24) is 10.3 Å². The van der Waals surface area contributed by atoms with Crippen LogP contribution in [0.15, 0.2) is 18.5 Å². The van der Waals surface area contributed by atoms with Crippen molar-refractivity contribution >= 4 is 18.7 Å². The van der Waals surface area contributed by atoms with Crippen LogP contribution >= 0.6 is 0 Å². The number of hydrogen-bond donors (Lipinski definition) is 3. The first-order chi connectivity index (χ1) is 8.29. The van der Waals surface area contributed by atoms with Crippen LogP contribution in [0.4, 0.5) is 4.79 Å². The number of carbonyl (C=O) groups is 1. The van der Waals surface area contributed by atoms with Crippen molar-refractivity contribution in [2.45, 2.75) is 32.9 Å². The van der Waals surface area contributed by atoms with Gasteiger partial charge in [-0.1, -0.05) is 0 Å². The molecule has 0 aromatic carbocycles. The zero-order chi connectivity index (χ0) is 13.8. The third-order valence-electron chi connectivity index (χ3n) is 2.04. The quantitative estimate of drug-likeness (QED) is 0.647. The fourth-order valence-electron chi connectivity index (χ4n) is 1.32. The second-order valence-electron chi connectivity index (χ2n) is 4.80. The normalized spacial score (nSPS) is 10.9. The Morgan fingerprint density at radius 3 is 2.72 bits per heavy atom. The van der Waals surface area contributed by atoms with Gasteiger partial charge in [0.1, 0.15) is 5.60 Å².